The maximum Gasteiger partial charge on any atom is 0.270 e. The standard InChI is InChI=1S/C12H19N3O/c1-4-6-13-10-5-7-14-11(8-10)12(16)15-9(2)3/h5,7-9H,4,6H2,1-3H3,(H,13,14)(H,15,16). The van der Waals surface area contributed by atoms with Crippen molar-refractivity contribution in [3.8, 4) is 0 Å². The van der Waals surface area contributed by atoms with Gasteiger partial charge in [0, 0.05) is 24.5 Å². The largest absolute Gasteiger partial charge is 0.385 e. The maximum atomic E-state index is 11.7. The van der Waals surface area contributed by atoms with Crippen molar-refractivity contribution < 1.29 is 4.79 Å². The number of pyridine rings is 1. The summed E-state index contributed by atoms with van der Waals surface area (Å²) in [7, 11) is 0. The van der Waals surface area contributed by atoms with Gasteiger partial charge in [0.1, 0.15) is 5.69 Å². The number of carbonyl (C=O) groups is 1. The van der Waals surface area contributed by atoms with Gasteiger partial charge < -0.3 is 10.6 Å². The highest BCUT2D eigenvalue weighted by Crippen LogP contribution is 2.08. The number of rotatable bonds is 5. The van der Waals surface area contributed by atoms with Crippen LogP contribution in [-0.2, 0) is 0 Å². The smallest absolute Gasteiger partial charge is 0.270 e. The third-order valence-electron chi connectivity index (χ3n) is 1.99. The van der Waals surface area contributed by atoms with Gasteiger partial charge in [-0.05, 0) is 32.4 Å². The van der Waals surface area contributed by atoms with E-state index in [2.05, 4.69) is 22.5 Å². The van der Waals surface area contributed by atoms with E-state index in [1.165, 1.54) is 0 Å². The molecule has 88 valence electrons. The minimum atomic E-state index is -0.129. The molecule has 1 aromatic rings. The van der Waals surface area contributed by atoms with Crippen LogP contribution in [0.3, 0.4) is 0 Å². The van der Waals surface area contributed by atoms with Crippen molar-refractivity contribution in [2.24, 2.45) is 0 Å². The first-order valence-corrected chi connectivity index (χ1v) is 5.64. The Balaban J connectivity index is 2.69. The first-order chi connectivity index (χ1) is 7.63. The van der Waals surface area contributed by atoms with E-state index in [0.29, 0.717) is 5.69 Å². The molecule has 0 unspecified atom stereocenters. The predicted octanol–water partition coefficient (Wildman–Crippen LogP) is 2.04. The summed E-state index contributed by atoms with van der Waals surface area (Å²) in [5.41, 5.74) is 1.39. The van der Waals surface area contributed by atoms with Crippen LogP contribution in [0.2, 0.25) is 0 Å². The number of hydrogen-bond acceptors (Lipinski definition) is 3. The van der Waals surface area contributed by atoms with Gasteiger partial charge in [0.2, 0.25) is 0 Å². The summed E-state index contributed by atoms with van der Waals surface area (Å²) < 4.78 is 0. The molecule has 2 N–H and O–H groups in total. The molecule has 1 heterocycles. The van der Waals surface area contributed by atoms with Gasteiger partial charge in [0.25, 0.3) is 5.91 Å². The Hall–Kier alpha value is -1.58. The van der Waals surface area contributed by atoms with Crippen LogP contribution in [0.1, 0.15) is 37.7 Å². The van der Waals surface area contributed by atoms with Gasteiger partial charge in [-0.3, -0.25) is 9.78 Å². The number of nitrogens with one attached hydrogen (secondary N) is 2. The summed E-state index contributed by atoms with van der Waals surface area (Å²) in [5.74, 6) is -0.129. The van der Waals surface area contributed by atoms with E-state index in [9.17, 15) is 4.79 Å². The van der Waals surface area contributed by atoms with Crippen molar-refractivity contribution in [2.45, 2.75) is 33.2 Å². The zero-order chi connectivity index (χ0) is 12.0. The molecule has 0 saturated heterocycles. The van der Waals surface area contributed by atoms with Crippen LogP contribution in [0.15, 0.2) is 18.3 Å². The molecule has 16 heavy (non-hydrogen) atoms. The molecular formula is C12H19N3O. The summed E-state index contributed by atoms with van der Waals surface area (Å²) in [6.45, 7) is 6.85. The van der Waals surface area contributed by atoms with E-state index in [1.54, 1.807) is 12.3 Å². The Labute approximate surface area is 96.5 Å². The van der Waals surface area contributed by atoms with Crippen molar-refractivity contribution >= 4 is 11.6 Å². The first kappa shape index (κ1) is 12.5. The van der Waals surface area contributed by atoms with Crippen LogP contribution in [0, 0.1) is 0 Å². The maximum absolute atomic E-state index is 11.7. The number of amides is 1. The number of hydrogen-bond donors (Lipinski definition) is 2. The van der Waals surface area contributed by atoms with E-state index in [4.69, 9.17) is 0 Å². The van der Waals surface area contributed by atoms with Gasteiger partial charge in [0.15, 0.2) is 0 Å². The molecule has 4 heteroatoms. The number of anilines is 1. The van der Waals surface area contributed by atoms with E-state index in [1.807, 2.05) is 19.9 Å². The van der Waals surface area contributed by atoms with Crippen molar-refractivity contribution in [3.63, 3.8) is 0 Å². The summed E-state index contributed by atoms with van der Waals surface area (Å²) in [4.78, 5) is 15.7. The van der Waals surface area contributed by atoms with Crippen LogP contribution in [0.25, 0.3) is 0 Å². The van der Waals surface area contributed by atoms with E-state index >= 15 is 0 Å². The van der Waals surface area contributed by atoms with Crippen molar-refractivity contribution in [3.05, 3.63) is 24.0 Å². The van der Waals surface area contributed by atoms with Crippen LogP contribution < -0.4 is 10.6 Å². The Kier molecular flexibility index (Phi) is 4.76. The lowest BCUT2D eigenvalue weighted by molar-refractivity contribution is 0.0938. The molecule has 1 aromatic heterocycles. The fraction of sp³-hybridized carbons (Fsp3) is 0.500. The average molecular weight is 221 g/mol. The zero-order valence-corrected chi connectivity index (χ0v) is 10.1. The van der Waals surface area contributed by atoms with Crippen LogP contribution in [-0.4, -0.2) is 23.5 Å². The van der Waals surface area contributed by atoms with Gasteiger partial charge in [0.05, 0.1) is 0 Å². The van der Waals surface area contributed by atoms with Crippen LogP contribution in [0.5, 0.6) is 0 Å². The molecule has 0 aliphatic rings. The van der Waals surface area contributed by atoms with Crippen molar-refractivity contribution in [1.29, 1.82) is 0 Å². The van der Waals surface area contributed by atoms with Crippen LogP contribution in [0.4, 0.5) is 5.69 Å². The first-order valence-electron chi connectivity index (χ1n) is 5.64. The molecule has 4 nitrogen and oxygen atoms in total. The third-order valence-corrected chi connectivity index (χ3v) is 1.99. The fourth-order valence-electron chi connectivity index (χ4n) is 1.27. The molecular weight excluding hydrogens is 202 g/mol. The number of aromatic nitrogens is 1. The highest BCUT2D eigenvalue weighted by Gasteiger charge is 2.08. The lowest BCUT2D eigenvalue weighted by Gasteiger charge is -2.09. The Morgan fingerprint density at radius 2 is 2.25 bits per heavy atom. The lowest BCUT2D eigenvalue weighted by Crippen LogP contribution is -2.30. The Bertz CT molecular complexity index is 350. The van der Waals surface area contributed by atoms with Crippen molar-refractivity contribution in [2.75, 3.05) is 11.9 Å². The van der Waals surface area contributed by atoms with Gasteiger partial charge >= 0.3 is 0 Å². The molecule has 0 fully saturated rings. The summed E-state index contributed by atoms with van der Waals surface area (Å²) in [6.07, 6.45) is 2.70. The van der Waals surface area contributed by atoms with Crippen LogP contribution >= 0.6 is 0 Å². The third kappa shape index (κ3) is 3.88. The van der Waals surface area contributed by atoms with Gasteiger partial charge in [-0.1, -0.05) is 6.92 Å². The molecule has 1 amide bonds. The molecule has 0 saturated carbocycles. The minimum Gasteiger partial charge on any atom is -0.385 e. The Morgan fingerprint density at radius 3 is 2.88 bits per heavy atom. The normalized spacial score (nSPS) is 10.2. The molecule has 0 spiro atoms. The Morgan fingerprint density at radius 1 is 1.50 bits per heavy atom. The molecule has 0 radical (unpaired) electrons. The fourth-order valence-corrected chi connectivity index (χ4v) is 1.27. The number of carbonyl (C=O) groups excluding carboxylic acids is 1. The topological polar surface area (TPSA) is 54.0 Å². The second-order valence-electron chi connectivity index (χ2n) is 3.98. The zero-order valence-electron chi connectivity index (χ0n) is 10.1. The molecule has 0 aliphatic carbocycles. The molecule has 0 aromatic carbocycles. The molecule has 0 bridgehead atoms. The second-order valence-corrected chi connectivity index (χ2v) is 3.98. The molecule has 0 aliphatic heterocycles. The second kappa shape index (κ2) is 6.10. The monoisotopic (exact) mass is 221 g/mol. The highest BCUT2D eigenvalue weighted by molar-refractivity contribution is 5.93. The highest BCUT2D eigenvalue weighted by atomic mass is 16.1. The van der Waals surface area contributed by atoms with Gasteiger partial charge in [-0.15, -0.1) is 0 Å². The average Bonchev–Trinajstić information content (AvgIpc) is 2.26. The lowest BCUT2D eigenvalue weighted by atomic mass is 10.2. The molecule has 1 rings (SSSR count). The van der Waals surface area contributed by atoms with Crippen molar-refractivity contribution in [1.82, 2.24) is 10.3 Å². The molecule has 0 atom stereocenters. The van der Waals surface area contributed by atoms with Gasteiger partial charge in [-0.25, -0.2) is 0 Å². The van der Waals surface area contributed by atoms with E-state index < -0.39 is 0 Å². The summed E-state index contributed by atoms with van der Waals surface area (Å²) in [5, 5.41) is 6.04. The predicted molar refractivity (Wildman–Crippen MR) is 65.6 cm³/mol. The minimum absolute atomic E-state index is 0.126. The van der Waals surface area contributed by atoms with E-state index in [-0.39, 0.29) is 11.9 Å². The quantitative estimate of drug-likeness (QED) is 0.800. The number of nitrogens with zero attached hydrogens (tertiary/aromatic N) is 1. The SMILES string of the molecule is CCCNc1ccnc(C(=O)NC(C)C)c1. The summed E-state index contributed by atoms with van der Waals surface area (Å²) >= 11 is 0. The van der Waals surface area contributed by atoms with Gasteiger partial charge in [-0.2, -0.15) is 0 Å². The van der Waals surface area contributed by atoms with E-state index in [0.717, 1.165) is 18.7 Å². The summed E-state index contributed by atoms with van der Waals surface area (Å²) in [6, 6.07) is 3.76.